The molecule has 0 saturated carbocycles. The summed E-state index contributed by atoms with van der Waals surface area (Å²) in [5.74, 6) is -1.58. The van der Waals surface area contributed by atoms with Gasteiger partial charge in [-0.15, -0.1) is 0 Å². The van der Waals surface area contributed by atoms with Crippen molar-refractivity contribution in [3.63, 3.8) is 0 Å². The number of hydrogen-bond acceptors (Lipinski definition) is 6. The maximum absolute atomic E-state index is 10.7. The van der Waals surface area contributed by atoms with E-state index in [4.69, 9.17) is 10.2 Å². The highest BCUT2D eigenvalue weighted by Gasteiger charge is 2.24. The Morgan fingerprint density at radius 1 is 1.33 bits per heavy atom. The molecule has 0 amide bonds. The number of pyridine rings is 1. The lowest BCUT2D eigenvalue weighted by Crippen LogP contribution is -2.04. The van der Waals surface area contributed by atoms with Crippen LogP contribution in [0.1, 0.15) is 0 Å². The Hall–Kier alpha value is -1.50. The molecule has 2 bridgehead atoms. The summed E-state index contributed by atoms with van der Waals surface area (Å²) < 4.78 is 19.7. The van der Waals surface area contributed by atoms with Crippen LogP contribution in [-0.4, -0.2) is 19.4 Å². The lowest BCUT2D eigenvalue weighted by molar-refractivity contribution is 0.384. The molecule has 0 aliphatic carbocycles. The number of nitrogens with zero attached hydrogens (tertiary/aromatic N) is 1. The van der Waals surface area contributed by atoms with E-state index in [0.29, 0.717) is 0 Å². The average molecular weight is 189 g/mol. The topological polar surface area (TPSA) is 88.9 Å². The molecule has 3 heterocycles. The fourth-order valence-corrected chi connectivity index (χ4v) is 1.29. The molecule has 0 spiro atoms. The molecule has 0 radical (unpaired) electrons. The second kappa shape index (κ2) is 2.24. The van der Waals surface area contributed by atoms with Gasteiger partial charge >= 0.3 is 11.4 Å². The maximum Gasteiger partial charge on any atom is 0.419 e. The fourth-order valence-electron chi connectivity index (χ4n) is 0.734. The van der Waals surface area contributed by atoms with Crippen molar-refractivity contribution in [3.05, 3.63) is 6.20 Å². The van der Waals surface area contributed by atoms with Gasteiger partial charge in [-0.05, 0) is 0 Å². The summed E-state index contributed by atoms with van der Waals surface area (Å²) >= 11 is -2.06. The van der Waals surface area contributed by atoms with Gasteiger partial charge in [-0.25, -0.2) is 4.98 Å². The summed E-state index contributed by atoms with van der Waals surface area (Å²) in [7, 11) is 0. The molecule has 1 unspecified atom stereocenters. The standard InChI is InChI=1S/C5H3NO5S/c7-3-2-1-6-5(4(3)8)11-12(9)10-2/h1,8H,(H,6,7). The van der Waals surface area contributed by atoms with Crippen molar-refractivity contribution >= 4 is 11.4 Å². The van der Waals surface area contributed by atoms with E-state index in [2.05, 4.69) is 13.4 Å². The Morgan fingerprint density at radius 2 is 2.08 bits per heavy atom. The summed E-state index contributed by atoms with van der Waals surface area (Å²) in [6, 6.07) is 0. The van der Waals surface area contributed by atoms with Gasteiger partial charge < -0.3 is 18.6 Å². The van der Waals surface area contributed by atoms with E-state index in [1.54, 1.807) is 0 Å². The van der Waals surface area contributed by atoms with Crippen molar-refractivity contribution in [1.29, 1.82) is 0 Å². The molecular weight excluding hydrogens is 186 g/mol. The predicted octanol–water partition coefficient (Wildman–Crippen LogP) is -0.157. The van der Waals surface area contributed by atoms with Gasteiger partial charge in [0.05, 0.1) is 6.20 Å². The lowest BCUT2D eigenvalue weighted by Gasteiger charge is -1.97. The van der Waals surface area contributed by atoms with Gasteiger partial charge in [0.2, 0.25) is 17.2 Å². The first kappa shape index (κ1) is 7.17. The third-order valence-electron chi connectivity index (χ3n) is 1.26. The van der Waals surface area contributed by atoms with Gasteiger partial charge in [0, 0.05) is 0 Å². The number of fused-ring (bicyclic) bond motifs is 4. The summed E-state index contributed by atoms with van der Waals surface area (Å²) in [5, 5.41) is 18.2. The average Bonchev–Trinajstić information content (AvgIpc) is 2.26. The minimum Gasteiger partial charge on any atom is -0.501 e. The molecule has 2 N–H and O–H groups in total. The zero-order valence-corrected chi connectivity index (χ0v) is 6.37. The molecule has 0 aromatic carbocycles. The smallest absolute Gasteiger partial charge is 0.419 e. The van der Waals surface area contributed by atoms with Crippen LogP contribution in [-0.2, 0) is 11.4 Å². The molecule has 12 heavy (non-hydrogen) atoms. The molecule has 7 heteroatoms. The normalized spacial score (nSPS) is 19.5. The van der Waals surface area contributed by atoms with Crippen molar-refractivity contribution in [2.24, 2.45) is 0 Å². The monoisotopic (exact) mass is 189 g/mol. The van der Waals surface area contributed by atoms with E-state index in [1.807, 2.05) is 0 Å². The van der Waals surface area contributed by atoms with Crippen LogP contribution in [0.4, 0.5) is 0 Å². The second-order valence-corrected chi connectivity index (χ2v) is 2.74. The Morgan fingerprint density at radius 3 is 2.83 bits per heavy atom. The van der Waals surface area contributed by atoms with E-state index in [9.17, 15) is 4.21 Å². The Balaban J connectivity index is 2.68. The molecule has 64 valence electrons. The minimum absolute atomic E-state index is 0.174. The molecule has 2 aliphatic rings. The molecule has 0 fully saturated rings. The molecule has 3 rings (SSSR count). The first-order chi connectivity index (χ1) is 5.68. The third kappa shape index (κ3) is 0.866. The van der Waals surface area contributed by atoms with Gasteiger partial charge in [-0.2, -0.15) is 4.21 Å². The largest absolute Gasteiger partial charge is 0.501 e. The molecule has 1 aromatic heterocycles. The zero-order chi connectivity index (χ0) is 8.72. The maximum atomic E-state index is 10.7. The van der Waals surface area contributed by atoms with Gasteiger partial charge in [0.25, 0.3) is 5.88 Å². The van der Waals surface area contributed by atoms with Crippen LogP contribution in [0.25, 0.3) is 0 Å². The first-order valence-electron chi connectivity index (χ1n) is 2.88. The Labute approximate surface area is 69.3 Å². The van der Waals surface area contributed by atoms with Crippen LogP contribution in [0.2, 0.25) is 0 Å². The van der Waals surface area contributed by atoms with Crippen LogP contribution in [0.15, 0.2) is 6.20 Å². The highest BCUT2D eigenvalue weighted by Crippen LogP contribution is 2.43. The van der Waals surface area contributed by atoms with Gasteiger partial charge in [-0.1, -0.05) is 0 Å². The van der Waals surface area contributed by atoms with Crippen molar-refractivity contribution in [3.8, 4) is 23.1 Å². The van der Waals surface area contributed by atoms with E-state index >= 15 is 0 Å². The van der Waals surface area contributed by atoms with Crippen molar-refractivity contribution in [1.82, 2.24) is 4.98 Å². The molecule has 6 nitrogen and oxygen atoms in total. The summed E-state index contributed by atoms with van der Waals surface area (Å²) in [6.07, 6.45) is 1.11. The summed E-state index contributed by atoms with van der Waals surface area (Å²) in [6.45, 7) is 0. The van der Waals surface area contributed by atoms with Gasteiger partial charge in [-0.3, -0.25) is 0 Å². The van der Waals surface area contributed by atoms with Crippen molar-refractivity contribution in [2.75, 3.05) is 0 Å². The number of rotatable bonds is 0. The zero-order valence-electron chi connectivity index (χ0n) is 5.55. The molecule has 1 aromatic rings. The highest BCUT2D eigenvalue weighted by atomic mass is 32.2. The molecule has 1 atom stereocenters. The van der Waals surface area contributed by atoms with Crippen LogP contribution in [0.3, 0.4) is 0 Å². The Bertz CT molecular complexity index is 332. The quantitative estimate of drug-likeness (QED) is 0.589. The van der Waals surface area contributed by atoms with E-state index in [0.717, 1.165) is 6.20 Å². The lowest BCUT2D eigenvalue weighted by atomic mass is 10.4. The van der Waals surface area contributed by atoms with Crippen LogP contribution < -0.4 is 8.37 Å². The second-order valence-electron chi connectivity index (χ2n) is 2.00. The van der Waals surface area contributed by atoms with E-state index in [-0.39, 0.29) is 11.6 Å². The third-order valence-corrected chi connectivity index (χ3v) is 1.87. The number of aromatic hydroxyl groups is 2. The number of aromatic nitrogens is 1. The fraction of sp³-hybridized carbons (Fsp3) is 0. The summed E-state index contributed by atoms with van der Waals surface area (Å²) in [4.78, 5) is 3.52. The van der Waals surface area contributed by atoms with Crippen molar-refractivity contribution in [2.45, 2.75) is 0 Å². The van der Waals surface area contributed by atoms with Gasteiger partial charge in [0.1, 0.15) is 0 Å². The molecule has 0 saturated heterocycles. The van der Waals surface area contributed by atoms with Crippen LogP contribution in [0.5, 0.6) is 23.1 Å². The summed E-state index contributed by atoms with van der Waals surface area (Å²) in [5.41, 5.74) is 0. The molecular formula is C5H3NO5S. The van der Waals surface area contributed by atoms with E-state index < -0.39 is 22.9 Å². The van der Waals surface area contributed by atoms with E-state index in [1.165, 1.54) is 0 Å². The SMILES string of the molecule is O=S1Oc2cnc(c(O)c2O)O1. The number of hydrogen-bond donors (Lipinski definition) is 2. The minimum atomic E-state index is -2.06. The Kier molecular flexibility index (Phi) is 1.34. The molecule has 2 aliphatic heterocycles. The van der Waals surface area contributed by atoms with Crippen molar-refractivity contribution < 1.29 is 22.8 Å². The van der Waals surface area contributed by atoms with Crippen LogP contribution in [0, 0.1) is 0 Å². The highest BCUT2D eigenvalue weighted by molar-refractivity contribution is 7.76. The predicted molar refractivity (Wildman–Crippen MR) is 37.0 cm³/mol. The van der Waals surface area contributed by atoms with Gasteiger partial charge in [0.15, 0.2) is 0 Å². The first-order valence-corrected chi connectivity index (χ1v) is 3.88. The van der Waals surface area contributed by atoms with Crippen LogP contribution >= 0.6 is 0 Å².